The number of fused-ring (bicyclic) bond motifs is 1. The van der Waals surface area contributed by atoms with Crippen molar-refractivity contribution in [2.75, 3.05) is 7.05 Å². The summed E-state index contributed by atoms with van der Waals surface area (Å²) in [5, 5.41) is 8.67. The largest absolute Gasteiger partial charge is 0.321 e. The highest BCUT2D eigenvalue weighted by atomic mass is 16.2. The molecule has 0 bridgehead atoms. The van der Waals surface area contributed by atoms with E-state index < -0.39 is 0 Å². The molecule has 2 aliphatic rings. The summed E-state index contributed by atoms with van der Waals surface area (Å²) >= 11 is 0. The molecule has 6 heteroatoms. The molecule has 0 unspecified atom stereocenters. The number of aryl methyl sites for hydroxylation is 1. The maximum absolute atomic E-state index is 12.6. The summed E-state index contributed by atoms with van der Waals surface area (Å²) in [7, 11) is 3.70. The van der Waals surface area contributed by atoms with E-state index in [0.717, 1.165) is 29.3 Å². The van der Waals surface area contributed by atoms with Gasteiger partial charge in [0.2, 0.25) is 5.96 Å². The zero-order valence-corrected chi connectivity index (χ0v) is 15.4. The van der Waals surface area contributed by atoms with Crippen LogP contribution in [-0.2, 0) is 11.8 Å². The van der Waals surface area contributed by atoms with Crippen LogP contribution in [0, 0.1) is 0 Å². The third-order valence-corrected chi connectivity index (χ3v) is 5.18. The maximum atomic E-state index is 12.6. The van der Waals surface area contributed by atoms with Crippen molar-refractivity contribution in [2.24, 2.45) is 12.0 Å². The lowest BCUT2D eigenvalue weighted by Gasteiger charge is -2.13. The molecule has 1 aromatic carbocycles. The van der Waals surface area contributed by atoms with Crippen molar-refractivity contribution in [3.8, 4) is 0 Å². The number of carbonyl (C=O) groups excluding carboxylic acids is 1. The number of benzene rings is 1. The Hall–Kier alpha value is -2.63. The number of carbonyl (C=O) groups is 1. The molecule has 0 atom stereocenters. The average Bonchev–Trinajstić information content (AvgIpc) is 2.97. The van der Waals surface area contributed by atoms with Crippen LogP contribution in [0.2, 0.25) is 0 Å². The smallest absolute Gasteiger partial charge is 0.276 e. The van der Waals surface area contributed by atoms with Gasteiger partial charge in [0.15, 0.2) is 0 Å². The fraction of sp³-hybridized carbons (Fsp3) is 0.450. The molecular weight excluding hydrogens is 326 g/mol. The van der Waals surface area contributed by atoms with E-state index in [1.165, 1.54) is 25.7 Å². The van der Waals surface area contributed by atoms with E-state index in [-0.39, 0.29) is 5.91 Å². The number of nitrogens with one attached hydrogen (secondary N) is 1. The van der Waals surface area contributed by atoms with Crippen LogP contribution in [0.25, 0.3) is 17.0 Å². The molecule has 6 nitrogen and oxygen atoms in total. The fourth-order valence-corrected chi connectivity index (χ4v) is 3.74. The minimum Gasteiger partial charge on any atom is -0.321 e. The lowest BCUT2D eigenvalue weighted by molar-refractivity contribution is -0.121. The van der Waals surface area contributed by atoms with Crippen molar-refractivity contribution in [2.45, 2.75) is 44.6 Å². The Morgan fingerprint density at radius 2 is 1.96 bits per heavy atom. The van der Waals surface area contributed by atoms with Gasteiger partial charge in [0.1, 0.15) is 5.70 Å². The van der Waals surface area contributed by atoms with E-state index in [1.54, 1.807) is 16.6 Å². The van der Waals surface area contributed by atoms with E-state index >= 15 is 0 Å². The van der Waals surface area contributed by atoms with Gasteiger partial charge in [-0.3, -0.25) is 14.4 Å². The Kier molecular flexibility index (Phi) is 4.49. The van der Waals surface area contributed by atoms with Crippen LogP contribution in [0.15, 0.2) is 35.1 Å². The quantitative estimate of drug-likeness (QED) is 0.668. The summed E-state index contributed by atoms with van der Waals surface area (Å²) < 4.78 is 1.80. The Bertz CT molecular complexity index is 887. The Morgan fingerprint density at radius 1 is 1.19 bits per heavy atom. The normalized spacial score (nSPS) is 22.4. The van der Waals surface area contributed by atoms with Crippen LogP contribution in [0.5, 0.6) is 0 Å². The van der Waals surface area contributed by atoms with Crippen LogP contribution in [0.3, 0.4) is 0 Å². The predicted molar refractivity (Wildman–Crippen MR) is 104 cm³/mol. The molecule has 1 saturated heterocycles. The lowest BCUT2D eigenvalue weighted by Crippen LogP contribution is -2.30. The number of nitrogens with zero attached hydrogens (tertiary/aromatic N) is 4. The Labute approximate surface area is 153 Å². The standard InChI is InChI=1S/C20H25N5O/c1-24-13-15-11-14(9-10-17(15)23-24)12-18-19(26)25(2)20(22-18)21-16-7-5-3-4-6-8-16/h9-13,16H,3-8H2,1-2H3,(H,21,22)/b18-12-. The number of hydrogen-bond acceptors (Lipinski definition) is 3. The van der Waals surface area contributed by atoms with E-state index in [2.05, 4.69) is 10.4 Å². The molecule has 1 aliphatic carbocycles. The second kappa shape index (κ2) is 6.94. The summed E-state index contributed by atoms with van der Waals surface area (Å²) in [6.45, 7) is 0. The Balaban J connectivity index is 1.57. The molecule has 1 amide bonds. The van der Waals surface area contributed by atoms with E-state index in [0.29, 0.717) is 17.7 Å². The zero-order chi connectivity index (χ0) is 18.1. The van der Waals surface area contributed by atoms with Gasteiger partial charge in [-0.25, -0.2) is 4.99 Å². The molecule has 0 radical (unpaired) electrons. The summed E-state index contributed by atoms with van der Waals surface area (Å²) in [6.07, 6.45) is 11.2. The number of amides is 1. The number of rotatable bonds is 2. The topological polar surface area (TPSA) is 62.5 Å². The summed E-state index contributed by atoms with van der Waals surface area (Å²) in [6, 6.07) is 6.33. The van der Waals surface area contributed by atoms with Crippen LogP contribution >= 0.6 is 0 Å². The third-order valence-electron chi connectivity index (χ3n) is 5.18. The van der Waals surface area contributed by atoms with Crippen molar-refractivity contribution in [1.29, 1.82) is 0 Å². The lowest BCUT2D eigenvalue weighted by atomic mass is 10.1. The van der Waals surface area contributed by atoms with Crippen molar-refractivity contribution in [3.05, 3.63) is 35.7 Å². The van der Waals surface area contributed by atoms with Crippen LogP contribution in [0.4, 0.5) is 0 Å². The molecule has 4 rings (SSSR count). The van der Waals surface area contributed by atoms with Gasteiger partial charge in [0.25, 0.3) is 5.91 Å². The van der Waals surface area contributed by atoms with Gasteiger partial charge in [-0.2, -0.15) is 5.10 Å². The van der Waals surface area contributed by atoms with E-state index in [1.807, 2.05) is 37.5 Å². The molecule has 26 heavy (non-hydrogen) atoms. The minimum atomic E-state index is -0.0383. The first-order chi connectivity index (χ1) is 12.6. The van der Waals surface area contributed by atoms with E-state index in [4.69, 9.17) is 4.99 Å². The molecule has 2 heterocycles. The third kappa shape index (κ3) is 3.36. The fourth-order valence-electron chi connectivity index (χ4n) is 3.74. The minimum absolute atomic E-state index is 0.0383. The van der Waals surface area contributed by atoms with Gasteiger partial charge in [-0.1, -0.05) is 31.7 Å². The molecule has 1 aromatic heterocycles. The second-order valence-electron chi connectivity index (χ2n) is 7.27. The molecule has 0 spiro atoms. The predicted octanol–water partition coefficient (Wildman–Crippen LogP) is 3.05. The highest BCUT2D eigenvalue weighted by Gasteiger charge is 2.29. The SMILES string of the molecule is CN1C(=O)/C(=C/c2ccc3nn(C)cc3c2)NC1=NC1CCCCCC1. The first-order valence-corrected chi connectivity index (χ1v) is 9.38. The van der Waals surface area contributed by atoms with Gasteiger partial charge < -0.3 is 5.32 Å². The molecular formula is C20H25N5O. The molecule has 2 aromatic rings. The molecule has 1 N–H and O–H groups in total. The molecule has 1 aliphatic heterocycles. The summed E-state index contributed by atoms with van der Waals surface area (Å²) in [5.41, 5.74) is 2.50. The van der Waals surface area contributed by atoms with Gasteiger partial charge in [-0.05, 0) is 36.6 Å². The maximum Gasteiger partial charge on any atom is 0.276 e. The number of aliphatic imine (C=N–C) groups is 1. The van der Waals surface area contributed by atoms with Gasteiger partial charge in [0.05, 0.1) is 11.6 Å². The number of hydrogen-bond donors (Lipinski definition) is 1. The van der Waals surface area contributed by atoms with E-state index in [9.17, 15) is 4.79 Å². The zero-order valence-electron chi connectivity index (χ0n) is 15.4. The van der Waals surface area contributed by atoms with Crippen LogP contribution in [-0.4, -0.2) is 39.6 Å². The average molecular weight is 351 g/mol. The molecule has 1 saturated carbocycles. The van der Waals surface area contributed by atoms with Crippen LogP contribution < -0.4 is 5.32 Å². The van der Waals surface area contributed by atoms with Crippen molar-refractivity contribution in [3.63, 3.8) is 0 Å². The monoisotopic (exact) mass is 351 g/mol. The number of aromatic nitrogens is 2. The number of guanidine groups is 1. The number of likely N-dealkylation sites (N-methyl/N-ethyl adjacent to an activating group) is 1. The summed E-state index contributed by atoms with van der Waals surface area (Å²) in [4.78, 5) is 19.0. The highest BCUT2D eigenvalue weighted by molar-refractivity contribution is 6.15. The molecule has 136 valence electrons. The second-order valence-corrected chi connectivity index (χ2v) is 7.27. The highest BCUT2D eigenvalue weighted by Crippen LogP contribution is 2.22. The van der Waals surface area contributed by atoms with Gasteiger partial charge >= 0.3 is 0 Å². The first kappa shape index (κ1) is 16.8. The van der Waals surface area contributed by atoms with Crippen molar-refractivity contribution in [1.82, 2.24) is 20.0 Å². The molecule has 2 fully saturated rings. The Morgan fingerprint density at radius 3 is 2.73 bits per heavy atom. The first-order valence-electron chi connectivity index (χ1n) is 9.38. The van der Waals surface area contributed by atoms with Crippen molar-refractivity contribution < 1.29 is 4.79 Å². The van der Waals surface area contributed by atoms with Crippen molar-refractivity contribution >= 4 is 28.8 Å². The van der Waals surface area contributed by atoms with Crippen LogP contribution in [0.1, 0.15) is 44.1 Å². The summed E-state index contributed by atoms with van der Waals surface area (Å²) in [5.74, 6) is 0.638. The van der Waals surface area contributed by atoms with Gasteiger partial charge in [-0.15, -0.1) is 0 Å². The van der Waals surface area contributed by atoms with Gasteiger partial charge in [0, 0.05) is 25.7 Å².